The summed E-state index contributed by atoms with van der Waals surface area (Å²) < 4.78 is 2.39. The molecule has 0 bridgehead atoms. The summed E-state index contributed by atoms with van der Waals surface area (Å²) in [7, 11) is 0. The zero-order valence-electron chi connectivity index (χ0n) is 21.7. The van der Waals surface area contributed by atoms with Crippen molar-refractivity contribution in [3.8, 4) is 0 Å². The summed E-state index contributed by atoms with van der Waals surface area (Å²) in [6, 6.07) is 0.874. The number of hydrogen-bond acceptors (Lipinski definition) is 6. The number of rotatable bonds is 6. The summed E-state index contributed by atoms with van der Waals surface area (Å²) in [6.45, 7) is 5.78. The molecule has 2 aromatic rings. The third-order valence-electron chi connectivity index (χ3n) is 9.32. The molecule has 0 aromatic carbocycles. The fourth-order valence-corrected chi connectivity index (χ4v) is 6.84. The lowest BCUT2D eigenvalue weighted by molar-refractivity contribution is -0.137. The number of carbonyl (C=O) groups excluding carboxylic acids is 1. The van der Waals surface area contributed by atoms with Gasteiger partial charge in [0.1, 0.15) is 5.65 Å². The minimum absolute atomic E-state index is 0.150. The van der Waals surface area contributed by atoms with Crippen LogP contribution in [0.4, 0.5) is 5.95 Å². The molecule has 4 heterocycles. The molecule has 2 aliphatic heterocycles. The summed E-state index contributed by atoms with van der Waals surface area (Å²) in [6.07, 6.45) is 14.4. The van der Waals surface area contributed by atoms with Crippen LogP contribution in [0.1, 0.15) is 88.7 Å². The van der Waals surface area contributed by atoms with Gasteiger partial charge in [0.25, 0.3) is 0 Å². The van der Waals surface area contributed by atoms with Crippen molar-refractivity contribution in [2.75, 3.05) is 31.5 Å². The molecule has 6 rings (SSSR count). The first-order chi connectivity index (χ1) is 17.6. The molecule has 2 aliphatic carbocycles. The van der Waals surface area contributed by atoms with Gasteiger partial charge in [-0.3, -0.25) is 4.79 Å². The molecule has 2 saturated carbocycles. The minimum atomic E-state index is -0.170. The summed E-state index contributed by atoms with van der Waals surface area (Å²) in [5, 5.41) is 18.2. The van der Waals surface area contributed by atoms with Crippen LogP contribution in [-0.4, -0.2) is 68.8 Å². The van der Waals surface area contributed by atoms with E-state index >= 15 is 0 Å². The Bertz CT molecular complexity index is 1060. The van der Waals surface area contributed by atoms with E-state index in [9.17, 15) is 9.90 Å². The highest BCUT2D eigenvalue weighted by molar-refractivity contribution is 5.82. The number of carbonyl (C=O) groups is 1. The highest BCUT2D eigenvalue weighted by Crippen LogP contribution is 2.40. The number of aromatic nitrogens is 3. The van der Waals surface area contributed by atoms with Crippen molar-refractivity contribution in [2.45, 2.75) is 95.2 Å². The number of aliphatic hydroxyl groups excluding tert-OH is 1. The van der Waals surface area contributed by atoms with Gasteiger partial charge in [0.15, 0.2) is 0 Å². The van der Waals surface area contributed by atoms with Gasteiger partial charge >= 0.3 is 0 Å². The number of hydrogen-bond donors (Lipinski definition) is 3. The average molecular weight is 495 g/mol. The molecule has 1 amide bonds. The van der Waals surface area contributed by atoms with Crippen LogP contribution < -0.4 is 10.6 Å². The molecule has 2 saturated heterocycles. The molecule has 4 aliphatic rings. The molecule has 0 unspecified atom stereocenters. The third-order valence-corrected chi connectivity index (χ3v) is 9.32. The number of piperidine rings is 2. The maximum absolute atomic E-state index is 13.1. The van der Waals surface area contributed by atoms with Crippen LogP contribution in [0.5, 0.6) is 0 Å². The van der Waals surface area contributed by atoms with Crippen molar-refractivity contribution >= 4 is 22.9 Å². The molecule has 0 radical (unpaired) electrons. The predicted octanol–water partition coefficient (Wildman–Crippen LogP) is 3.82. The summed E-state index contributed by atoms with van der Waals surface area (Å²) in [5.41, 5.74) is 2.37. The summed E-state index contributed by atoms with van der Waals surface area (Å²) in [4.78, 5) is 24.9. The first-order valence-corrected chi connectivity index (χ1v) is 14.4. The molecule has 8 nitrogen and oxygen atoms in total. The van der Waals surface area contributed by atoms with Gasteiger partial charge in [-0.05, 0) is 81.7 Å². The van der Waals surface area contributed by atoms with E-state index in [1.54, 1.807) is 0 Å². The van der Waals surface area contributed by atoms with Gasteiger partial charge in [0.2, 0.25) is 11.9 Å². The van der Waals surface area contributed by atoms with Gasteiger partial charge in [-0.1, -0.05) is 13.3 Å². The van der Waals surface area contributed by atoms with E-state index in [-0.39, 0.29) is 12.0 Å². The molecule has 2 aromatic heterocycles. The number of fused-ring (bicyclic) bond motifs is 1. The van der Waals surface area contributed by atoms with Crippen LogP contribution in [0.25, 0.3) is 11.0 Å². The third kappa shape index (κ3) is 4.86. The largest absolute Gasteiger partial charge is 0.393 e. The Kier molecular flexibility index (Phi) is 6.90. The Balaban J connectivity index is 1.22. The Hall–Kier alpha value is -2.19. The second kappa shape index (κ2) is 10.3. The zero-order valence-corrected chi connectivity index (χ0v) is 21.7. The van der Waals surface area contributed by atoms with Crippen LogP contribution in [0.2, 0.25) is 0 Å². The van der Waals surface area contributed by atoms with Gasteiger partial charge < -0.3 is 25.2 Å². The van der Waals surface area contributed by atoms with Gasteiger partial charge in [0, 0.05) is 49.5 Å². The van der Waals surface area contributed by atoms with E-state index in [0.29, 0.717) is 23.9 Å². The fourth-order valence-electron chi connectivity index (χ4n) is 6.84. The van der Waals surface area contributed by atoms with Gasteiger partial charge in [0.05, 0.1) is 12.0 Å². The van der Waals surface area contributed by atoms with Crippen molar-refractivity contribution in [2.24, 2.45) is 11.8 Å². The quantitative estimate of drug-likeness (QED) is 0.565. The maximum atomic E-state index is 13.1. The lowest BCUT2D eigenvalue weighted by Crippen LogP contribution is -2.45. The first kappa shape index (κ1) is 24.2. The molecular weight excluding hydrogens is 452 g/mol. The van der Waals surface area contributed by atoms with Crippen molar-refractivity contribution in [3.63, 3.8) is 0 Å². The number of likely N-dealkylation sites (tertiary alicyclic amines) is 1. The van der Waals surface area contributed by atoms with Crippen LogP contribution >= 0.6 is 0 Å². The maximum Gasteiger partial charge on any atom is 0.226 e. The molecule has 196 valence electrons. The number of amides is 1. The highest BCUT2D eigenvalue weighted by atomic mass is 16.3. The number of nitrogens with zero attached hydrogens (tertiary/aromatic N) is 4. The molecule has 3 N–H and O–H groups in total. The average Bonchev–Trinajstić information content (AvgIpc) is 3.58. The van der Waals surface area contributed by atoms with Gasteiger partial charge in [-0.25, -0.2) is 4.98 Å². The molecule has 3 atom stereocenters. The lowest BCUT2D eigenvalue weighted by atomic mass is 9.88. The monoisotopic (exact) mass is 494 g/mol. The minimum Gasteiger partial charge on any atom is -0.393 e. The normalized spacial score (nSPS) is 31.5. The predicted molar refractivity (Wildman–Crippen MR) is 141 cm³/mol. The lowest BCUT2D eigenvalue weighted by Gasteiger charge is -2.35. The first-order valence-electron chi connectivity index (χ1n) is 14.4. The summed E-state index contributed by atoms with van der Waals surface area (Å²) >= 11 is 0. The standard InChI is InChI=1S/C28H42N6O2/c1-2-18-14-25(18)31-28-30-16-23-24(17-34(26(23)32-28)21-5-7-22(35)8-6-21)19-9-12-33(13-10-19)27(36)20-4-3-11-29-15-20/h16-22,25,29,35H,2-15H2,1H3,(H,30,31,32)/t18-,20+,21-,22-,25-/m0/s1. The van der Waals surface area contributed by atoms with Crippen LogP contribution in [0, 0.1) is 11.8 Å². The Morgan fingerprint density at radius 1 is 1.17 bits per heavy atom. The van der Waals surface area contributed by atoms with E-state index in [1.165, 1.54) is 18.4 Å². The highest BCUT2D eigenvalue weighted by Gasteiger charge is 2.36. The van der Waals surface area contributed by atoms with Crippen molar-refractivity contribution in [1.82, 2.24) is 24.8 Å². The second-order valence-corrected chi connectivity index (χ2v) is 11.7. The molecular formula is C28H42N6O2. The summed E-state index contributed by atoms with van der Waals surface area (Å²) in [5.74, 6) is 2.40. The van der Waals surface area contributed by atoms with Crippen molar-refractivity contribution < 1.29 is 9.90 Å². The molecule has 36 heavy (non-hydrogen) atoms. The van der Waals surface area contributed by atoms with E-state index < -0.39 is 0 Å². The van der Waals surface area contributed by atoms with E-state index in [4.69, 9.17) is 9.97 Å². The molecule has 4 fully saturated rings. The van der Waals surface area contributed by atoms with E-state index in [2.05, 4.69) is 33.2 Å². The molecule has 0 spiro atoms. The van der Waals surface area contributed by atoms with E-state index in [0.717, 1.165) is 100 Å². The Labute approximate surface area is 214 Å². The molecule has 8 heteroatoms. The van der Waals surface area contributed by atoms with E-state index in [1.807, 2.05) is 6.20 Å². The van der Waals surface area contributed by atoms with Gasteiger partial charge in [-0.2, -0.15) is 4.98 Å². The van der Waals surface area contributed by atoms with Crippen LogP contribution in [-0.2, 0) is 4.79 Å². The number of aliphatic hydroxyl groups is 1. The topological polar surface area (TPSA) is 95.3 Å². The van der Waals surface area contributed by atoms with Crippen molar-refractivity contribution in [3.05, 3.63) is 18.0 Å². The fraction of sp³-hybridized carbons (Fsp3) is 0.750. The zero-order chi connectivity index (χ0) is 24.6. The number of anilines is 1. The smallest absolute Gasteiger partial charge is 0.226 e. The van der Waals surface area contributed by atoms with Crippen LogP contribution in [0.3, 0.4) is 0 Å². The van der Waals surface area contributed by atoms with Crippen molar-refractivity contribution in [1.29, 1.82) is 0 Å². The Morgan fingerprint density at radius 3 is 2.67 bits per heavy atom. The van der Waals surface area contributed by atoms with Crippen LogP contribution in [0.15, 0.2) is 12.4 Å². The van der Waals surface area contributed by atoms with Gasteiger partial charge in [-0.15, -0.1) is 0 Å². The second-order valence-electron chi connectivity index (χ2n) is 11.7. The SMILES string of the molecule is CC[C@H]1C[C@@H]1Nc1ncc2c(C3CCN(C(=O)[C@@H]4CCCNC4)CC3)cn([C@H]3CC[C@H](O)CC3)c2n1. The Morgan fingerprint density at radius 2 is 1.97 bits per heavy atom. The number of nitrogens with one attached hydrogen (secondary N) is 2.